The first kappa shape index (κ1) is 18.2. The summed E-state index contributed by atoms with van der Waals surface area (Å²) in [6.07, 6.45) is 4.51. The van der Waals surface area contributed by atoms with E-state index in [9.17, 15) is 4.79 Å². The number of benzene rings is 2. The zero-order valence-electron chi connectivity index (χ0n) is 15.1. The molecule has 1 heterocycles. The van der Waals surface area contributed by atoms with E-state index in [1.807, 2.05) is 72.8 Å². The maximum atomic E-state index is 12.5. The van der Waals surface area contributed by atoms with Crippen LogP contribution >= 0.6 is 0 Å². The van der Waals surface area contributed by atoms with Crippen molar-refractivity contribution in [2.75, 3.05) is 6.54 Å². The summed E-state index contributed by atoms with van der Waals surface area (Å²) in [6.45, 7) is 3.46. The molecule has 1 amide bonds. The lowest BCUT2D eigenvalue weighted by Crippen LogP contribution is -2.44. The van der Waals surface area contributed by atoms with Gasteiger partial charge < -0.3 is 9.47 Å². The summed E-state index contributed by atoms with van der Waals surface area (Å²) < 4.78 is 11.6. The zero-order valence-corrected chi connectivity index (χ0v) is 15.1. The largest absolute Gasteiger partial charge is 0.445 e. The maximum Gasteiger partial charge on any atom is 0.410 e. The topological polar surface area (TPSA) is 38.8 Å². The van der Waals surface area contributed by atoms with Gasteiger partial charge in [0.15, 0.2) is 0 Å². The lowest BCUT2D eigenvalue weighted by Gasteiger charge is -2.30. The van der Waals surface area contributed by atoms with Gasteiger partial charge in [0.1, 0.15) is 6.61 Å². The molecule has 2 aromatic rings. The van der Waals surface area contributed by atoms with Crippen molar-refractivity contribution in [3.63, 3.8) is 0 Å². The van der Waals surface area contributed by atoms with Gasteiger partial charge in [-0.05, 0) is 17.5 Å². The van der Waals surface area contributed by atoms with E-state index in [-0.39, 0.29) is 24.8 Å². The van der Waals surface area contributed by atoms with E-state index in [4.69, 9.17) is 9.47 Å². The van der Waals surface area contributed by atoms with Crippen molar-refractivity contribution in [2.45, 2.75) is 38.7 Å². The quantitative estimate of drug-likeness (QED) is 0.687. The second-order valence-corrected chi connectivity index (χ2v) is 6.35. The fraction of sp³-hybridized carbons (Fsp3) is 0.318. The summed E-state index contributed by atoms with van der Waals surface area (Å²) in [5, 5.41) is 0. The molecule has 0 fully saturated rings. The molecule has 0 bridgehead atoms. The number of amides is 1. The molecule has 2 aromatic carbocycles. The van der Waals surface area contributed by atoms with Gasteiger partial charge in [0.25, 0.3) is 0 Å². The minimum atomic E-state index is -0.300. The van der Waals surface area contributed by atoms with Gasteiger partial charge in [-0.25, -0.2) is 4.79 Å². The Morgan fingerprint density at radius 3 is 2.27 bits per heavy atom. The molecule has 0 N–H and O–H groups in total. The Kier molecular flexibility index (Phi) is 6.45. The minimum absolute atomic E-state index is 0.0572. The van der Waals surface area contributed by atoms with Crippen molar-refractivity contribution < 1.29 is 14.3 Å². The molecular formula is C22H25NO3. The number of ether oxygens (including phenoxy) is 2. The molecule has 1 aliphatic rings. The molecule has 4 heteroatoms. The summed E-state index contributed by atoms with van der Waals surface area (Å²) in [6, 6.07) is 19.7. The van der Waals surface area contributed by atoms with Gasteiger partial charge in [0.05, 0.1) is 18.8 Å². The van der Waals surface area contributed by atoms with Crippen LogP contribution in [0.15, 0.2) is 72.8 Å². The molecule has 26 heavy (non-hydrogen) atoms. The fourth-order valence-corrected chi connectivity index (χ4v) is 3.10. The highest BCUT2D eigenvalue weighted by Gasteiger charge is 2.32. The van der Waals surface area contributed by atoms with Gasteiger partial charge in [0.2, 0.25) is 0 Å². The van der Waals surface area contributed by atoms with Crippen LogP contribution in [0.3, 0.4) is 0 Å². The Morgan fingerprint density at radius 2 is 1.65 bits per heavy atom. The lowest BCUT2D eigenvalue weighted by atomic mass is 10.1. The molecule has 136 valence electrons. The van der Waals surface area contributed by atoms with Crippen LogP contribution < -0.4 is 0 Å². The third kappa shape index (κ3) is 4.73. The Labute approximate surface area is 155 Å². The van der Waals surface area contributed by atoms with Crippen LogP contribution in [0.25, 0.3) is 0 Å². The van der Waals surface area contributed by atoms with Gasteiger partial charge >= 0.3 is 6.09 Å². The monoisotopic (exact) mass is 351 g/mol. The number of carbonyl (C=O) groups excluding carboxylic acids is 1. The lowest BCUT2D eigenvalue weighted by molar-refractivity contribution is -0.00624. The van der Waals surface area contributed by atoms with Crippen LogP contribution in [0.4, 0.5) is 4.79 Å². The van der Waals surface area contributed by atoms with Crippen LogP contribution in [0.1, 0.15) is 24.5 Å². The first-order valence-electron chi connectivity index (χ1n) is 9.07. The molecule has 1 aliphatic heterocycles. The Morgan fingerprint density at radius 1 is 1.04 bits per heavy atom. The third-order valence-electron chi connectivity index (χ3n) is 4.53. The van der Waals surface area contributed by atoms with E-state index in [1.54, 1.807) is 4.90 Å². The maximum absolute atomic E-state index is 12.5. The molecule has 0 aromatic heterocycles. The predicted molar refractivity (Wildman–Crippen MR) is 102 cm³/mol. The SMILES string of the molecule is CC[C@H](OCc1ccccc1)[C@H]1C=CCN1C(=O)OCc1ccccc1. The van der Waals surface area contributed by atoms with E-state index in [0.717, 1.165) is 17.5 Å². The normalized spacial score (nSPS) is 17.3. The molecule has 4 nitrogen and oxygen atoms in total. The van der Waals surface area contributed by atoms with Crippen molar-refractivity contribution >= 4 is 6.09 Å². The molecule has 3 rings (SSSR count). The average Bonchev–Trinajstić information content (AvgIpc) is 3.18. The second-order valence-electron chi connectivity index (χ2n) is 6.35. The van der Waals surface area contributed by atoms with Crippen molar-refractivity contribution in [1.82, 2.24) is 4.90 Å². The van der Waals surface area contributed by atoms with Crippen molar-refractivity contribution in [1.29, 1.82) is 0 Å². The standard InChI is InChI=1S/C22H25NO3/c1-2-21(25-16-18-10-5-3-6-11-18)20-14-9-15-23(20)22(24)26-17-19-12-7-4-8-13-19/h3-14,20-21H,2,15-17H2,1H3/t20-,21+/m1/s1. The number of rotatable bonds is 7. The number of hydrogen-bond acceptors (Lipinski definition) is 3. The van der Waals surface area contributed by atoms with Crippen LogP contribution in [-0.4, -0.2) is 29.7 Å². The van der Waals surface area contributed by atoms with E-state index in [1.165, 1.54) is 0 Å². The first-order valence-corrected chi connectivity index (χ1v) is 9.07. The molecule has 0 aliphatic carbocycles. The van der Waals surface area contributed by atoms with Crippen molar-refractivity contribution in [3.05, 3.63) is 83.9 Å². The van der Waals surface area contributed by atoms with E-state index >= 15 is 0 Å². The van der Waals surface area contributed by atoms with Gasteiger partial charge in [0, 0.05) is 6.54 Å². The van der Waals surface area contributed by atoms with Gasteiger partial charge in [-0.2, -0.15) is 0 Å². The number of carbonyl (C=O) groups is 1. The summed E-state index contributed by atoms with van der Waals surface area (Å²) in [5.74, 6) is 0. The van der Waals surface area contributed by atoms with Crippen LogP contribution in [0, 0.1) is 0 Å². The van der Waals surface area contributed by atoms with E-state index in [0.29, 0.717) is 13.2 Å². The number of nitrogens with zero attached hydrogens (tertiary/aromatic N) is 1. The molecule has 0 spiro atoms. The predicted octanol–water partition coefficient (Wildman–Crippen LogP) is 4.56. The third-order valence-corrected chi connectivity index (χ3v) is 4.53. The molecule has 0 unspecified atom stereocenters. The molecule has 0 saturated carbocycles. The highest BCUT2D eigenvalue weighted by Crippen LogP contribution is 2.21. The van der Waals surface area contributed by atoms with Crippen LogP contribution in [0.2, 0.25) is 0 Å². The van der Waals surface area contributed by atoms with Gasteiger partial charge in [-0.3, -0.25) is 4.90 Å². The van der Waals surface area contributed by atoms with Gasteiger partial charge in [-0.15, -0.1) is 0 Å². The smallest absolute Gasteiger partial charge is 0.410 e. The Balaban J connectivity index is 1.56. The van der Waals surface area contributed by atoms with Crippen molar-refractivity contribution in [3.8, 4) is 0 Å². The average molecular weight is 351 g/mol. The summed E-state index contributed by atoms with van der Waals surface area (Å²) in [5.41, 5.74) is 2.11. The van der Waals surface area contributed by atoms with Crippen LogP contribution in [-0.2, 0) is 22.7 Å². The molecule has 0 saturated heterocycles. The molecule has 2 atom stereocenters. The van der Waals surface area contributed by atoms with E-state index in [2.05, 4.69) is 6.92 Å². The Bertz CT molecular complexity index is 715. The summed E-state index contributed by atoms with van der Waals surface area (Å²) in [4.78, 5) is 14.3. The highest BCUT2D eigenvalue weighted by molar-refractivity contribution is 5.69. The Hall–Kier alpha value is -2.59. The fourth-order valence-electron chi connectivity index (χ4n) is 3.10. The summed E-state index contributed by atoms with van der Waals surface area (Å²) in [7, 11) is 0. The van der Waals surface area contributed by atoms with Crippen LogP contribution in [0.5, 0.6) is 0 Å². The second kappa shape index (κ2) is 9.20. The highest BCUT2D eigenvalue weighted by atomic mass is 16.6. The number of hydrogen-bond donors (Lipinski definition) is 0. The van der Waals surface area contributed by atoms with E-state index < -0.39 is 0 Å². The minimum Gasteiger partial charge on any atom is -0.445 e. The molecular weight excluding hydrogens is 326 g/mol. The van der Waals surface area contributed by atoms with Gasteiger partial charge in [-0.1, -0.05) is 79.7 Å². The molecule has 0 radical (unpaired) electrons. The summed E-state index contributed by atoms with van der Waals surface area (Å²) >= 11 is 0. The first-order chi connectivity index (χ1) is 12.8. The zero-order chi connectivity index (χ0) is 18.2. The van der Waals surface area contributed by atoms with Crippen molar-refractivity contribution in [2.24, 2.45) is 0 Å².